The van der Waals surface area contributed by atoms with E-state index in [0.29, 0.717) is 11.1 Å². The predicted molar refractivity (Wildman–Crippen MR) is 45.5 cm³/mol. The van der Waals surface area contributed by atoms with Crippen molar-refractivity contribution in [2.45, 2.75) is 6.42 Å². The van der Waals surface area contributed by atoms with E-state index in [2.05, 4.69) is 0 Å². The Bertz CT molecular complexity index is 481. The summed E-state index contributed by atoms with van der Waals surface area (Å²) in [6.45, 7) is 0. The average Bonchev–Trinajstić information content (AvgIpc) is 2.52. The molecule has 13 heavy (non-hydrogen) atoms. The molecular weight excluding hydrogens is 169 g/mol. The molecule has 0 spiro atoms. The van der Waals surface area contributed by atoms with E-state index in [1.807, 2.05) is 6.07 Å². The van der Waals surface area contributed by atoms with Gasteiger partial charge in [-0.2, -0.15) is 5.26 Å². The third-order valence-electron chi connectivity index (χ3n) is 1.89. The number of rotatable bonds is 1. The van der Waals surface area contributed by atoms with Crippen LogP contribution in [-0.4, -0.2) is 0 Å². The number of hydrogen-bond donors (Lipinski definition) is 0. The SMILES string of the molecule is N#CCc1cc2ccoc2cc1F. The minimum absolute atomic E-state index is 0.0902. The highest BCUT2D eigenvalue weighted by Gasteiger charge is 2.05. The molecule has 0 aliphatic heterocycles. The van der Waals surface area contributed by atoms with E-state index in [-0.39, 0.29) is 12.2 Å². The Hall–Kier alpha value is -1.82. The lowest BCUT2D eigenvalue weighted by molar-refractivity contribution is 0.593. The van der Waals surface area contributed by atoms with Crippen molar-refractivity contribution in [3.05, 3.63) is 35.8 Å². The second-order valence-electron chi connectivity index (χ2n) is 2.74. The van der Waals surface area contributed by atoms with Crippen molar-refractivity contribution < 1.29 is 8.81 Å². The summed E-state index contributed by atoms with van der Waals surface area (Å²) in [7, 11) is 0. The number of halogens is 1. The smallest absolute Gasteiger partial charge is 0.136 e. The third-order valence-corrected chi connectivity index (χ3v) is 1.89. The first kappa shape index (κ1) is 7.81. The maximum Gasteiger partial charge on any atom is 0.136 e. The van der Waals surface area contributed by atoms with Gasteiger partial charge in [-0.3, -0.25) is 0 Å². The molecule has 0 N–H and O–H groups in total. The van der Waals surface area contributed by atoms with Crippen LogP contribution in [0.3, 0.4) is 0 Å². The molecule has 0 aliphatic carbocycles. The van der Waals surface area contributed by atoms with Gasteiger partial charge >= 0.3 is 0 Å². The number of benzene rings is 1. The zero-order chi connectivity index (χ0) is 9.26. The van der Waals surface area contributed by atoms with Crippen LogP contribution in [0, 0.1) is 17.1 Å². The summed E-state index contributed by atoms with van der Waals surface area (Å²) in [5.74, 6) is -0.385. The van der Waals surface area contributed by atoms with Crippen LogP contribution in [0.25, 0.3) is 11.0 Å². The Morgan fingerprint density at radius 1 is 1.46 bits per heavy atom. The van der Waals surface area contributed by atoms with Crippen LogP contribution < -0.4 is 0 Å². The highest BCUT2D eigenvalue weighted by molar-refractivity contribution is 5.78. The van der Waals surface area contributed by atoms with E-state index in [0.717, 1.165) is 5.39 Å². The zero-order valence-electron chi connectivity index (χ0n) is 6.75. The van der Waals surface area contributed by atoms with Crippen LogP contribution in [-0.2, 0) is 6.42 Å². The minimum Gasteiger partial charge on any atom is -0.464 e. The van der Waals surface area contributed by atoms with Gasteiger partial charge in [0.15, 0.2) is 0 Å². The molecule has 2 rings (SSSR count). The largest absolute Gasteiger partial charge is 0.464 e. The number of furan rings is 1. The van der Waals surface area contributed by atoms with Gasteiger partial charge in [-0.15, -0.1) is 0 Å². The van der Waals surface area contributed by atoms with Crippen LogP contribution >= 0.6 is 0 Å². The number of nitrogens with zero attached hydrogens (tertiary/aromatic N) is 1. The molecule has 0 saturated heterocycles. The van der Waals surface area contributed by atoms with Gasteiger partial charge in [0, 0.05) is 17.0 Å². The molecule has 1 aromatic carbocycles. The zero-order valence-corrected chi connectivity index (χ0v) is 6.75. The molecule has 64 valence electrons. The van der Waals surface area contributed by atoms with Crippen molar-refractivity contribution in [1.82, 2.24) is 0 Å². The lowest BCUT2D eigenvalue weighted by Crippen LogP contribution is -1.87. The Morgan fingerprint density at radius 3 is 3.08 bits per heavy atom. The van der Waals surface area contributed by atoms with E-state index >= 15 is 0 Å². The monoisotopic (exact) mass is 175 g/mol. The summed E-state index contributed by atoms with van der Waals surface area (Å²) in [6, 6.07) is 6.60. The summed E-state index contributed by atoms with van der Waals surface area (Å²) in [6.07, 6.45) is 1.59. The highest BCUT2D eigenvalue weighted by atomic mass is 19.1. The molecule has 1 aromatic heterocycles. The fourth-order valence-electron chi connectivity index (χ4n) is 1.25. The molecular formula is C10H6FNO. The Morgan fingerprint density at radius 2 is 2.31 bits per heavy atom. The van der Waals surface area contributed by atoms with Gasteiger partial charge in [0.2, 0.25) is 0 Å². The fraction of sp³-hybridized carbons (Fsp3) is 0.100. The van der Waals surface area contributed by atoms with Gasteiger partial charge in [-0.05, 0) is 12.1 Å². The summed E-state index contributed by atoms with van der Waals surface area (Å²) in [4.78, 5) is 0. The molecule has 0 bridgehead atoms. The van der Waals surface area contributed by atoms with Crippen molar-refractivity contribution in [2.75, 3.05) is 0 Å². The molecule has 0 aliphatic rings. The molecule has 2 nitrogen and oxygen atoms in total. The Kier molecular flexibility index (Phi) is 1.75. The van der Waals surface area contributed by atoms with Crippen LogP contribution in [0.15, 0.2) is 28.9 Å². The third kappa shape index (κ3) is 1.27. The molecule has 0 unspecified atom stereocenters. The van der Waals surface area contributed by atoms with Crippen molar-refractivity contribution in [2.24, 2.45) is 0 Å². The molecule has 2 aromatic rings. The Labute approximate surface area is 74.2 Å². The number of fused-ring (bicyclic) bond motifs is 1. The molecule has 0 fully saturated rings. The molecule has 0 saturated carbocycles. The lowest BCUT2D eigenvalue weighted by Gasteiger charge is -1.96. The fourth-order valence-corrected chi connectivity index (χ4v) is 1.25. The summed E-state index contributed by atoms with van der Waals surface area (Å²) in [5, 5.41) is 9.25. The highest BCUT2D eigenvalue weighted by Crippen LogP contribution is 2.20. The first-order valence-electron chi connectivity index (χ1n) is 3.84. The molecule has 0 radical (unpaired) electrons. The topological polar surface area (TPSA) is 36.9 Å². The van der Waals surface area contributed by atoms with Gasteiger partial charge in [-0.25, -0.2) is 4.39 Å². The molecule has 3 heteroatoms. The van der Waals surface area contributed by atoms with E-state index in [9.17, 15) is 4.39 Å². The molecule has 1 heterocycles. The number of nitriles is 1. The standard InChI is InChI=1S/C10H6FNO/c11-9-6-10-8(2-4-13-10)5-7(9)1-3-12/h2,4-6H,1H2. The maximum atomic E-state index is 13.2. The lowest BCUT2D eigenvalue weighted by atomic mass is 10.1. The second kappa shape index (κ2) is 2.91. The second-order valence-corrected chi connectivity index (χ2v) is 2.74. The van der Waals surface area contributed by atoms with Crippen LogP contribution in [0.4, 0.5) is 4.39 Å². The van der Waals surface area contributed by atoms with Gasteiger partial charge in [-0.1, -0.05) is 0 Å². The average molecular weight is 175 g/mol. The summed E-state index contributed by atoms with van der Waals surface area (Å²) < 4.78 is 18.2. The van der Waals surface area contributed by atoms with Crippen molar-refractivity contribution >= 4 is 11.0 Å². The Balaban J connectivity index is 2.64. The first-order valence-corrected chi connectivity index (χ1v) is 3.84. The van der Waals surface area contributed by atoms with E-state index in [1.165, 1.54) is 12.3 Å². The van der Waals surface area contributed by atoms with Gasteiger partial charge in [0.25, 0.3) is 0 Å². The normalized spacial score (nSPS) is 10.2. The first-order chi connectivity index (χ1) is 6.31. The molecule has 0 atom stereocenters. The predicted octanol–water partition coefficient (Wildman–Crippen LogP) is 2.64. The van der Waals surface area contributed by atoms with Crippen LogP contribution in [0.1, 0.15) is 5.56 Å². The van der Waals surface area contributed by atoms with Gasteiger partial charge in [0.05, 0.1) is 18.8 Å². The summed E-state index contributed by atoms with van der Waals surface area (Å²) in [5.41, 5.74) is 0.926. The number of hydrogen-bond acceptors (Lipinski definition) is 2. The van der Waals surface area contributed by atoms with E-state index in [1.54, 1.807) is 12.1 Å². The minimum atomic E-state index is -0.385. The van der Waals surface area contributed by atoms with Crippen LogP contribution in [0.5, 0.6) is 0 Å². The maximum absolute atomic E-state index is 13.2. The van der Waals surface area contributed by atoms with E-state index < -0.39 is 0 Å². The van der Waals surface area contributed by atoms with E-state index in [4.69, 9.17) is 9.68 Å². The van der Waals surface area contributed by atoms with Crippen molar-refractivity contribution in [3.63, 3.8) is 0 Å². The molecule has 0 amide bonds. The van der Waals surface area contributed by atoms with Crippen LogP contribution in [0.2, 0.25) is 0 Å². The van der Waals surface area contributed by atoms with Crippen molar-refractivity contribution in [3.8, 4) is 6.07 Å². The van der Waals surface area contributed by atoms with Crippen molar-refractivity contribution in [1.29, 1.82) is 5.26 Å². The van der Waals surface area contributed by atoms with Gasteiger partial charge in [0.1, 0.15) is 11.4 Å². The summed E-state index contributed by atoms with van der Waals surface area (Å²) >= 11 is 0. The van der Waals surface area contributed by atoms with Gasteiger partial charge < -0.3 is 4.42 Å². The quantitative estimate of drug-likeness (QED) is 0.668.